The van der Waals surface area contributed by atoms with Crippen LogP contribution in [0.25, 0.3) is 0 Å². The maximum atomic E-state index is 13.2. The van der Waals surface area contributed by atoms with E-state index in [1.165, 1.54) is 6.92 Å². The van der Waals surface area contributed by atoms with Crippen molar-refractivity contribution in [3.8, 4) is 5.75 Å². The van der Waals surface area contributed by atoms with Crippen LogP contribution in [0.4, 0.5) is 14.5 Å². The molecule has 0 saturated carbocycles. The first-order valence-electron chi connectivity index (χ1n) is 4.37. The van der Waals surface area contributed by atoms with Gasteiger partial charge in [-0.1, -0.05) is 0 Å². The van der Waals surface area contributed by atoms with E-state index >= 15 is 0 Å². The molecule has 0 unspecified atom stereocenters. The molecule has 0 radical (unpaired) electrons. The number of rotatable bonds is 4. The van der Waals surface area contributed by atoms with Gasteiger partial charge in [-0.25, -0.2) is 4.39 Å². The Morgan fingerprint density at radius 2 is 2.19 bits per heavy atom. The Balaban J connectivity index is 3.21. The summed E-state index contributed by atoms with van der Waals surface area (Å²) >= 11 is 0. The maximum absolute atomic E-state index is 13.2. The van der Waals surface area contributed by atoms with E-state index in [1.807, 2.05) is 0 Å². The molecule has 0 spiro atoms. The molecule has 5 nitrogen and oxygen atoms in total. The lowest BCUT2D eigenvalue weighted by Gasteiger charge is -2.12. The van der Waals surface area contributed by atoms with Gasteiger partial charge < -0.3 is 9.84 Å². The number of hydrogen-bond donors (Lipinski definition) is 1. The molecule has 0 bridgehead atoms. The molecule has 1 N–H and O–H groups in total. The van der Waals surface area contributed by atoms with Gasteiger partial charge in [-0.2, -0.15) is 4.39 Å². The summed E-state index contributed by atoms with van der Waals surface area (Å²) in [5, 5.41) is 19.2. The predicted octanol–water partition coefficient (Wildman–Crippen LogP) is 1.63. The zero-order valence-corrected chi connectivity index (χ0v) is 8.31. The molecule has 0 aliphatic carbocycles. The molecule has 0 fully saturated rings. The predicted molar refractivity (Wildman–Crippen MR) is 50.2 cm³/mol. The van der Waals surface area contributed by atoms with Crippen LogP contribution in [0.5, 0.6) is 5.75 Å². The van der Waals surface area contributed by atoms with E-state index in [4.69, 9.17) is 9.84 Å². The molecule has 1 aromatic rings. The fourth-order valence-electron chi connectivity index (χ4n) is 1.02. The summed E-state index contributed by atoms with van der Waals surface area (Å²) in [6, 6.07) is 1.45. The zero-order valence-electron chi connectivity index (χ0n) is 8.31. The van der Waals surface area contributed by atoms with Gasteiger partial charge in [0, 0.05) is 6.07 Å². The number of halogens is 2. The summed E-state index contributed by atoms with van der Waals surface area (Å²) in [5.74, 6) is -3.48. The Morgan fingerprint density at radius 1 is 1.56 bits per heavy atom. The summed E-state index contributed by atoms with van der Waals surface area (Å²) in [6.07, 6.45) is -0.866. The van der Waals surface area contributed by atoms with Gasteiger partial charge in [0.2, 0.25) is 11.6 Å². The second kappa shape index (κ2) is 4.84. The van der Waals surface area contributed by atoms with Crippen LogP contribution in [0.1, 0.15) is 6.92 Å². The molecule has 0 aromatic heterocycles. The fourth-order valence-corrected chi connectivity index (χ4v) is 1.02. The summed E-state index contributed by atoms with van der Waals surface area (Å²) in [4.78, 5) is 9.64. The first kappa shape index (κ1) is 12.3. The van der Waals surface area contributed by atoms with Crippen LogP contribution in [0.15, 0.2) is 12.1 Å². The number of benzene rings is 1. The van der Waals surface area contributed by atoms with Crippen molar-refractivity contribution >= 4 is 5.69 Å². The lowest BCUT2D eigenvalue weighted by Crippen LogP contribution is -2.18. The van der Waals surface area contributed by atoms with Crippen LogP contribution in [0.3, 0.4) is 0 Å². The van der Waals surface area contributed by atoms with Crippen LogP contribution in [-0.4, -0.2) is 22.7 Å². The molecule has 1 atom stereocenters. The van der Waals surface area contributed by atoms with Crippen molar-refractivity contribution < 1.29 is 23.5 Å². The van der Waals surface area contributed by atoms with E-state index in [0.29, 0.717) is 6.07 Å². The van der Waals surface area contributed by atoms with E-state index in [2.05, 4.69) is 0 Å². The number of hydrogen-bond acceptors (Lipinski definition) is 4. The number of nitro groups is 1. The molecular weight excluding hydrogens is 224 g/mol. The van der Waals surface area contributed by atoms with Crippen molar-refractivity contribution in [2.45, 2.75) is 13.0 Å². The third kappa shape index (κ3) is 2.43. The average molecular weight is 233 g/mol. The van der Waals surface area contributed by atoms with Crippen molar-refractivity contribution in [1.29, 1.82) is 0 Å². The minimum absolute atomic E-state index is 0.465. The lowest BCUT2D eigenvalue weighted by molar-refractivity contribution is -0.386. The van der Waals surface area contributed by atoms with Gasteiger partial charge >= 0.3 is 5.69 Å². The first-order valence-corrected chi connectivity index (χ1v) is 4.37. The fraction of sp³-hybridized carbons (Fsp3) is 0.333. The highest BCUT2D eigenvalue weighted by molar-refractivity contribution is 5.47. The van der Waals surface area contributed by atoms with Gasteiger partial charge in [-0.15, -0.1) is 0 Å². The van der Waals surface area contributed by atoms with E-state index in [9.17, 15) is 18.9 Å². The molecule has 0 aliphatic rings. The van der Waals surface area contributed by atoms with Crippen LogP contribution < -0.4 is 4.74 Å². The third-order valence-corrected chi connectivity index (χ3v) is 1.80. The van der Waals surface area contributed by atoms with Crippen LogP contribution in [0, 0.1) is 21.7 Å². The Hall–Kier alpha value is -1.76. The molecule has 88 valence electrons. The minimum atomic E-state index is -1.44. The highest BCUT2D eigenvalue weighted by Gasteiger charge is 2.24. The Bertz CT molecular complexity index is 411. The summed E-state index contributed by atoms with van der Waals surface area (Å²) in [5.41, 5.74) is -0.681. The van der Waals surface area contributed by atoms with Gasteiger partial charge in [0.1, 0.15) is 6.10 Å². The lowest BCUT2D eigenvalue weighted by atomic mass is 10.2. The Morgan fingerprint density at radius 3 is 2.69 bits per heavy atom. The van der Waals surface area contributed by atoms with Gasteiger partial charge in [-0.05, 0) is 13.0 Å². The average Bonchev–Trinajstić information content (AvgIpc) is 2.24. The van der Waals surface area contributed by atoms with Crippen molar-refractivity contribution in [2.24, 2.45) is 0 Å². The standard InChI is InChI=1S/C9H9F2NO4/c1-5(4-13)16-9-7(12(14)15)3-2-6(10)8(9)11/h2-3,5,13H,4H2,1H3/t5-/m0/s1. The van der Waals surface area contributed by atoms with E-state index < -0.39 is 40.7 Å². The monoisotopic (exact) mass is 233 g/mol. The van der Waals surface area contributed by atoms with Crippen molar-refractivity contribution in [3.63, 3.8) is 0 Å². The van der Waals surface area contributed by atoms with Crippen molar-refractivity contribution in [3.05, 3.63) is 33.9 Å². The number of nitrogens with zero attached hydrogens (tertiary/aromatic N) is 1. The number of ether oxygens (including phenoxy) is 1. The van der Waals surface area contributed by atoms with Crippen molar-refractivity contribution in [2.75, 3.05) is 6.61 Å². The molecule has 7 heteroatoms. The molecule has 0 heterocycles. The molecular formula is C9H9F2NO4. The summed E-state index contributed by atoms with van der Waals surface area (Å²) in [7, 11) is 0. The molecule has 16 heavy (non-hydrogen) atoms. The second-order valence-corrected chi connectivity index (χ2v) is 3.08. The van der Waals surface area contributed by atoms with Crippen molar-refractivity contribution in [1.82, 2.24) is 0 Å². The van der Waals surface area contributed by atoms with E-state index in [1.54, 1.807) is 0 Å². The minimum Gasteiger partial charge on any atom is -0.479 e. The third-order valence-electron chi connectivity index (χ3n) is 1.80. The van der Waals surface area contributed by atoms with E-state index in [-0.39, 0.29) is 0 Å². The summed E-state index contributed by atoms with van der Waals surface area (Å²) in [6.45, 7) is 0.904. The number of aliphatic hydroxyl groups excluding tert-OH is 1. The van der Waals surface area contributed by atoms with Crippen LogP contribution in [-0.2, 0) is 0 Å². The molecule has 1 rings (SSSR count). The second-order valence-electron chi connectivity index (χ2n) is 3.08. The first-order chi connectivity index (χ1) is 7.47. The van der Waals surface area contributed by atoms with E-state index in [0.717, 1.165) is 6.07 Å². The molecule has 1 aromatic carbocycles. The zero-order chi connectivity index (χ0) is 12.3. The number of nitro benzene ring substituents is 1. The van der Waals surface area contributed by atoms with Crippen LogP contribution >= 0.6 is 0 Å². The smallest absolute Gasteiger partial charge is 0.314 e. The van der Waals surface area contributed by atoms with Gasteiger partial charge in [0.05, 0.1) is 11.5 Å². The van der Waals surface area contributed by atoms with Gasteiger partial charge in [0.15, 0.2) is 5.82 Å². The normalized spacial score (nSPS) is 12.2. The molecule has 0 saturated heterocycles. The van der Waals surface area contributed by atoms with Crippen LogP contribution in [0.2, 0.25) is 0 Å². The largest absolute Gasteiger partial charge is 0.479 e. The molecule has 0 aliphatic heterocycles. The molecule has 0 amide bonds. The van der Waals surface area contributed by atoms with Gasteiger partial charge in [0.25, 0.3) is 0 Å². The maximum Gasteiger partial charge on any atom is 0.314 e. The Kier molecular flexibility index (Phi) is 3.73. The topological polar surface area (TPSA) is 72.6 Å². The quantitative estimate of drug-likeness (QED) is 0.633. The number of aliphatic hydroxyl groups is 1. The summed E-state index contributed by atoms with van der Waals surface area (Å²) < 4.78 is 30.8. The van der Waals surface area contributed by atoms with Gasteiger partial charge in [-0.3, -0.25) is 10.1 Å². The highest BCUT2D eigenvalue weighted by atomic mass is 19.2. The SMILES string of the molecule is C[C@@H](CO)Oc1c([N+](=O)[O-])ccc(F)c1F. The Labute approximate surface area is 89.4 Å². The highest BCUT2D eigenvalue weighted by Crippen LogP contribution is 2.32.